The van der Waals surface area contributed by atoms with Gasteiger partial charge in [0.15, 0.2) is 5.60 Å². The summed E-state index contributed by atoms with van der Waals surface area (Å²) in [6, 6.07) is 6.99. The maximum atomic E-state index is 12.2. The fraction of sp³-hybridized carbons (Fsp3) is 0.286. The molecule has 0 aliphatic rings. The van der Waals surface area contributed by atoms with E-state index in [2.05, 4.69) is 21.7 Å². The summed E-state index contributed by atoms with van der Waals surface area (Å²) >= 11 is 2.00. The van der Waals surface area contributed by atoms with Gasteiger partial charge in [0.05, 0.1) is 24.4 Å². The van der Waals surface area contributed by atoms with Gasteiger partial charge < -0.3 is 10.4 Å². The third-order valence-corrected chi connectivity index (χ3v) is 3.57. The van der Waals surface area contributed by atoms with E-state index < -0.39 is 11.5 Å². The van der Waals surface area contributed by atoms with E-state index >= 15 is 0 Å². The summed E-state index contributed by atoms with van der Waals surface area (Å²) in [6.07, 6.45) is 1.63. The van der Waals surface area contributed by atoms with Crippen molar-refractivity contribution in [3.8, 4) is 6.07 Å². The quantitative estimate of drug-likeness (QED) is 0.742. The van der Waals surface area contributed by atoms with E-state index in [4.69, 9.17) is 5.26 Å². The zero-order chi connectivity index (χ0) is 16.3. The molecule has 1 atom stereocenters. The Hall–Kier alpha value is -1.99. The summed E-state index contributed by atoms with van der Waals surface area (Å²) in [5, 5.41) is 29.5. The molecule has 0 saturated heterocycles. The zero-order valence-corrected chi connectivity index (χ0v) is 14.2. The van der Waals surface area contributed by atoms with Crippen LogP contribution in [-0.2, 0) is 11.3 Å². The van der Waals surface area contributed by atoms with Crippen molar-refractivity contribution in [1.29, 1.82) is 5.26 Å². The monoisotopic (exact) mass is 411 g/mol. The van der Waals surface area contributed by atoms with Crippen LogP contribution >= 0.6 is 22.6 Å². The Balaban J connectivity index is 2.10. The van der Waals surface area contributed by atoms with Gasteiger partial charge in [-0.15, -0.1) is 5.10 Å². The van der Waals surface area contributed by atoms with Crippen molar-refractivity contribution in [3.05, 3.63) is 39.2 Å². The van der Waals surface area contributed by atoms with Crippen LogP contribution in [0.1, 0.15) is 18.1 Å². The molecule has 1 amide bonds. The lowest BCUT2D eigenvalue weighted by molar-refractivity contribution is -0.133. The molecule has 2 aromatic rings. The summed E-state index contributed by atoms with van der Waals surface area (Å²) in [5.74, 6) is -0.554. The van der Waals surface area contributed by atoms with Crippen molar-refractivity contribution in [2.45, 2.75) is 26.0 Å². The number of aryl methyl sites for hydroxylation is 1. The maximum absolute atomic E-state index is 12.2. The number of aromatic nitrogens is 3. The predicted molar refractivity (Wildman–Crippen MR) is 87.9 cm³/mol. The van der Waals surface area contributed by atoms with E-state index in [0.29, 0.717) is 15.0 Å². The van der Waals surface area contributed by atoms with Gasteiger partial charge >= 0.3 is 0 Å². The Kier molecular flexibility index (Phi) is 4.77. The second-order valence-corrected chi connectivity index (χ2v) is 6.21. The minimum Gasteiger partial charge on any atom is -0.378 e. The summed E-state index contributed by atoms with van der Waals surface area (Å²) in [7, 11) is 0. The second kappa shape index (κ2) is 6.41. The van der Waals surface area contributed by atoms with Gasteiger partial charge in [-0.05, 0) is 60.2 Å². The van der Waals surface area contributed by atoms with E-state index in [1.807, 2.05) is 22.6 Å². The first-order chi connectivity index (χ1) is 10.3. The third kappa shape index (κ3) is 3.80. The molecular formula is C14H14IN5O2. The molecular weight excluding hydrogens is 397 g/mol. The molecule has 0 spiro atoms. The molecule has 0 fully saturated rings. The second-order valence-electron chi connectivity index (χ2n) is 5.11. The van der Waals surface area contributed by atoms with Crippen molar-refractivity contribution in [3.63, 3.8) is 0 Å². The number of benzene rings is 1. The largest absolute Gasteiger partial charge is 0.378 e. The SMILES string of the molecule is Cc1cc(NC(=O)[C@@](C)(O)Cn2cc(I)nn2)ccc1C#N. The van der Waals surface area contributed by atoms with Gasteiger partial charge in [-0.1, -0.05) is 5.21 Å². The molecule has 0 bridgehead atoms. The molecule has 0 aliphatic carbocycles. The molecule has 22 heavy (non-hydrogen) atoms. The topological polar surface area (TPSA) is 104 Å². The fourth-order valence-corrected chi connectivity index (χ4v) is 2.29. The summed E-state index contributed by atoms with van der Waals surface area (Å²) in [4.78, 5) is 12.2. The van der Waals surface area contributed by atoms with Crippen LogP contribution in [0.15, 0.2) is 24.4 Å². The Morgan fingerprint density at radius 3 is 2.86 bits per heavy atom. The van der Waals surface area contributed by atoms with Crippen molar-refractivity contribution in [2.24, 2.45) is 0 Å². The Morgan fingerprint density at radius 1 is 1.59 bits per heavy atom. The van der Waals surface area contributed by atoms with Gasteiger partial charge in [0.25, 0.3) is 5.91 Å². The Morgan fingerprint density at radius 2 is 2.32 bits per heavy atom. The summed E-state index contributed by atoms with van der Waals surface area (Å²) in [5.41, 5.74) is 0.182. The minimum absolute atomic E-state index is 0.00983. The van der Waals surface area contributed by atoms with Crippen LogP contribution in [0, 0.1) is 22.0 Å². The van der Waals surface area contributed by atoms with Crippen molar-refractivity contribution in [1.82, 2.24) is 15.0 Å². The molecule has 1 aromatic heterocycles. The van der Waals surface area contributed by atoms with E-state index in [0.717, 1.165) is 5.56 Å². The normalized spacial score (nSPS) is 13.2. The molecule has 0 saturated carbocycles. The number of carbonyl (C=O) groups is 1. The van der Waals surface area contributed by atoms with Gasteiger partial charge in [0, 0.05) is 5.69 Å². The first-order valence-corrected chi connectivity index (χ1v) is 7.50. The van der Waals surface area contributed by atoms with Crippen LogP contribution in [0.5, 0.6) is 0 Å². The van der Waals surface area contributed by atoms with Gasteiger partial charge in [0.1, 0.15) is 3.70 Å². The number of amides is 1. The number of hydrogen-bond donors (Lipinski definition) is 2. The molecule has 114 valence electrons. The molecule has 0 unspecified atom stereocenters. The molecule has 2 rings (SSSR count). The Labute approximate surface area is 141 Å². The predicted octanol–water partition coefficient (Wildman–Crippen LogP) is 1.45. The highest BCUT2D eigenvalue weighted by Crippen LogP contribution is 2.17. The summed E-state index contributed by atoms with van der Waals surface area (Å²) in [6.45, 7) is 3.18. The van der Waals surface area contributed by atoms with E-state index in [1.54, 1.807) is 31.3 Å². The highest BCUT2D eigenvalue weighted by atomic mass is 127. The highest BCUT2D eigenvalue weighted by Gasteiger charge is 2.31. The number of rotatable bonds is 4. The van der Waals surface area contributed by atoms with E-state index in [9.17, 15) is 9.90 Å². The van der Waals surface area contributed by atoms with Gasteiger partial charge in [-0.3, -0.25) is 4.79 Å². The van der Waals surface area contributed by atoms with Crippen LogP contribution in [-0.4, -0.2) is 31.6 Å². The molecule has 0 radical (unpaired) electrons. The molecule has 0 aliphatic heterocycles. The standard InChI is InChI=1S/C14H14IN5O2/c1-9-5-11(4-3-10(9)6-16)17-13(21)14(2,22)8-20-7-12(15)18-19-20/h3-5,7,22H,8H2,1-2H3,(H,17,21)/t14-/m0/s1. The number of aliphatic hydroxyl groups is 1. The number of halogens is 1. The number of nitrogens with one attached hydrogen (secondary N) is 1. The lowest BCUT2D eigenvalue weighted by atomic mass is 10.1. The first-order valence-electron chi connectivity index (χ1n) is 6.42. The smallest absolute Gasteiger partial charge is 0.257 e. The van der Waals surface area contributed by atoms with Gasteiger partial charge in [0.2, 0.25) is 0 Å². The molecule has 1 heterocycles. The van der Waals surface area contributed by atoms with Crippen LogP contribution < -0.4 is 5.32 Å². The van der Waals surface area contributed by atoms with Crippen molar-refractivity contribution >= 4 is 34.2 Å². The average molecular weight is 411 g/mol. The molecule has 1 aromatic carbocycles. The minimum atomic E-state index is -1.64. The highest BCUT2D eigenvalue weighted by molar-refractivity contribution is 14.1. The van der Waals surface area contributed by atoms with Crippen LogP contribution in [0.25, 0.3) is 0 Å². The van der Waals surface area contributed by atoms with E-state index in [1.165, 1.54) is 11.6 Å². The molecule has 7 nitrogen and oxygen atoms in total. The first kappa shape index (κ1) is 16.4. The lowest BCUT2D eigenvalue weighted by Crippen LogP contribution is -2.43. The Bertz CT molecular complexity index is 748. The van der Waals surface area contributed by atoms with Crippen LogP contribution in [0.3, 0.4) is 0 Å². The van der Waals surface area contributed by atoms with Crippen LogP contribution in [0.2, 0.25) is 0 Å². The van der Waals surface area contributed by atoms with E-state index in [-0.39, 0.29) is 6.54 Å². The summed E-state index contributed by atoms with van der Waals surface area (Å²) < 4.78 is 2.09. The zero-order valence-electron chi connectivity index (χ0n) is 12.0. The fourth-order valence-electron chi connectivity index (χ4n) is 1.87. The average Bonchev–Trinajstić information content (AvgIpc) is 2.83. The number of nitrogens with zero attached hydrogens (tertiary/aromatic N) is 4. The molecule has 8 heteroatoms. The number of anilines is 1. The van der Waals surface area contributed by atoms with Crippen LogP contribution in [0.4, 0.5) is 5.69 Å². The number of hydrogen-bond acceptors (Lipinski definition) is 5. The number of carbonyl (C=O) groups excluding carboxylic acids is 1. The maximum Gasteiger partial charge on any atom is 0.257 e. The third-order valence-electron chi connectivity index (χ3n) is 3.07. The van der Waals surface area contributed by atoms with Gasteiger partial charge in [-0.25, -0.2) is 4.68 Å². The number of nitriles is 1. The lowest BCUT2D eigenvalue weighted by Gasteiger charge is -2.22. The van der Waals surface area contributed by atoms with Crippen molar-refractivity contribution in [2.75, 3.05) is 5.32 Å². The molecule has 2 N–H and O–H groups in total. The van der Waals surface area contributed by atoms with Gasteiger partial charge in [-0.2, -0.15) is 5.26 Å². The van der Waals surface area contributed by atoms with Crippen molar-refractivity contribution < 1.29 is 9.90 Å².